The molecular weight excluding hydrogens is 414 g/mol. The molecule has 0 aliphatic carbocycles. The minimum atomic E-state index is -1.21. The molecule has 0 aromatic heterocycles. The van der Waals surface area contributed by atoms with Crippen LogP contribution in [0.5, 0.6) is 5.75 Å². The summed E-state index contributed by atoms with van der Waals surface area (Å²) < 4.78 is 24.9. The van der Waals surface area contributed by atoms with Crippen molar-refractivity contribution in [3.8, 4) is 5.75 Å². The minimum absolute atomic E-state index is 0.00242. The minimum Gasteiger partial charge on any atom is -0.467 e. The number of carbonyl (C=O) groups is 3. The zero-order valence-electron chi connectivity index (χ0n) is 15.9. The predicted molar refractivity (Wildman–Crippen MR) is 97.4 cm³/mol. The van der Waals surface area contributed by atoms with Crippen LogP contribution >= 0.6 is 11.6 Å². The van der Waals surface area contributed by atoms with Crippen molar-refractivity contribution < 1.29 is 43.0 Å². The van der Waals surface area contributed by atoms with Crippen LogP contribution in [-0.2, 0) is 28.5 Å². The Bertz CT molecular complexity index is 723. The van der Waals surface area contributed by atoms with Crippen molar-refractivity contribution in [2.24, 2.45) is 0 Å². The van der Waals surface area contributed by atoms with Gasteiger partial charge in [-0.05, 0) is 12.1 Å². The molecule has 1 aromatic rings. The molecule has 0 bridgehead atoms. The van der Waals surface area contributed by atoms with Crippen LogP contribution in [0.1, 0.15) is 19.8 Å². The standard InChI is InChI=1S/C16H17NO10.CH3Cl/c1-9(18)24-12-7-13(15(19)23-2)26-14(8-12)27-16(20)25-11-5-3-10(4-6-11)17(21)22;1-2/h3-6,12-14H,7-8H2,1-2H3;1H3/t12?,13-,14?;/m0./s1. The Morgan fingerprint density at radius 3 is 2.28 bits per heavy atom. The first-order valence-electron chi connectivity index (χ1n) is 8.19. The van der Waals surface area contributed by atoms with Crippen LogP contribution in [0, 0.1) is 10.1 Å². The number of ether oxygens (including phenoxy) is 5. The fraction of sp³-hybridized carbons (Fsp3) is 0.471. The first-order chi connectivity index (χ1) is 13.8. The Labute approximate surface area is 170 Å². The number of alkyl halides is 1. The van der Waals surface area contributed by atoms with Crippen molar-refractivity contribution in [1.82, 2.24) is 0 Å². The summed E-state index contributed by atoms with van der Waals surface area (Å²) in [5.41, 5.74) is -0.170. The normalized spacial score (nSPS) is 20.3. The van der Waals surface area contributed by atoms with Crippen molar-refractivity contribution in [3.63, 3.8) is 0 Å². The molecule has 12 heteroatoms. The van der Waals surface area contributed by atoms with Gasteiger partial charge in [0, 0.05) is 38.3 Å². The second kappa shape index (κ2) is 11.8. The molecule has 3 atom stereocenters. The maximum Gasteiger partial charge on any atom is 0.516 e. The summed E-state index contributed by atoms with van der Waals surface area (Å²) >= 11 is 4.64. The summed E-state index contributed by atoms with van der Waals surface area (Å²) in [5, 5.41) is 10.6. The molecular formula is C17H20ClNO10. The van der Waals surface area contributed by atoms with Crippen LogP contribution in [0.15, 0.2) is 24.3 Å². The van der Waals surface area contributed by atoms with Crippen LogP contribution in [0.4, 0.5) is 10.5 Å². The van der Waals surface area contributed by atoms with Gasteiger partial charge < -0.3 is 23.7 Å². The van der Waals surface area contributed by atoms with Crippen molar-refractivity contribution in [2.75, 3.05) is 13.5 Å². The van der Waals surface area contributed by atoms with Gasteiger partial charge in [-0.3, -0.25) is 14.9 Å². The van der Waals surface area contributed by atoms with Crippen molar-refractivity contribution in [1.29, 1.82) is 0 Å². The summed E-state index contributed by atoms with van der Waals surface area (Å²) in [6.07, 6.45) is -2.62. The monoisotopic (exact) mass is 433 g/mol. The third-order valence-electron chi connectivity index (χ3n) is 3.52. The van der Waals surface area contributed by atoms with Crippen LogP contribution in [0.3, 0.4) is 0 Å². The Kier molecular flexibility index (Phi) is 9.83. The molecule has 1 aliphatic rings. The fourth-order valence-electron chi connectivity index (χ4n) is 2.40. The Hall–Kier alpha value is -2.92. The lowest BCUT2D eigenvalue weighted by Crippen LogP contribution is -2.44. The van der Waals surface area contributed by atoms with E-state index >= 15 is 0 Å². The highest BCUT2D eigenvalue weighted by Gasteiger charge is 2.38. The van der Waals surface area contributed by atoms with E-state index in [0.29, 0.717) is 0 Å². The first-order valence-corrected chi connectivity index (χ1v) is 8.95. The van der Waals surface area contributed by atoms with Crippen LogP contribution in [0.2, 0.25) is 0 Å². The van der Waals surface area contributed by atoms with Gasteiger partial charge in [0.15, 0.2) is 6.10 Å². The quantitative estimate of drug-likeness (QED) is 0.170. The largest absolute Gasteiger partial charge is 0.516 e. The number of hydrogen-bond donors (Lipinski definition) is 0. The van der Waals surface area contributed by atoms with Crippen molar-refractivity contribution in [2.45, 2.75) is 38.3 Å². The number of nitrogens with zero attached hydrogens (tertiary/aromatic N) is 1. The van der Waals surface area contributed by atoms with Crippen LogP contribution in [0.25, 0.3) is 0 Å². The molecule has 2 rings (SSSR count). The van der Waals surface area contributed by atoms with Gasteiger partial charge in [-0.15, -0.1) is 11.6 Å². The average Bonchev–Trinajstić information content (AvgIpc) is 2.68. The number of hydrogen-bond acceptors (Lipinski definition) is 10. The molecule has 29 heavy (non-hydrogen) atoms. The van der Waals surface area contributed by atoms with Gasteiger partial charge in [-0.25, -0.2) is 9.59 Å². The molecule has 1 aliphatic heterocycles. The molecule has 0 spiro atoms. The Morgan fingerprint density at radius 1 is 1.14 bits per heavy atom. The lowest BCUT2D eigenvalue weighted by atomic mass is 10.0. The van der Waals surface area contributed by atoms with E-state index in [4.69, 9.17) is 18.9 Å². The summed E-state index contributed by atoms with van der Waals surface area (Å²) in [7, 11) is 1.17. The van der Waals surface area contributed by atoms with Gasteiger partial charge in [0.05, 0.1) is 12.0 Å². The number of halogens is 1. The number of methoxy groups -OCH3 is 1. The van der Waals surface area contributed by atoms with E-state index in [9.17, 15) is 24.5 Å². The number of esters is 2. The molecule has 1 heterocycles. The Balaban J connectivity index is 0.00000204. The van der Waals surface area contributed by atoms with E-state index in [-0.39, 0.29) is 24.3 Å². The van der Waals surface area contributed by atoms with Crippen molar-refractivity contribution in [3.05, 3.63) is 34.4 Å². The molecule has 1 saturated heterocycles. The number of nitro benzene ring substituents is 1. The van der Waals surface area contributed by atoms with E-state index in [1.165, 1.54) is 32.5 Å². The maximum atomic E-state index is 11.9. The van der Waals surface area contributed by atoms with E-state index in [2.05, 4.69) is 16.3 Å². The van der Waals surface area contributed by atoms with Crippen molar-refractivity contribution >= 4 is 35.4 Å². The number of carbonyl (C=O) groups excluding carboxylic acids is 3. The molecule has 160 valence electrons. The molecule has 1 aromatic carbocycles. The first kappa shape index (κ1) is 24.1. The zero-order valence-corrected chi connectivity index (χ0v) is 16.6. The molecule has 1 fully saturated rings. The number of non-ortho nitro benzene ring substituents is 1. The van der Waals surface area contributed by atoms with E-state index in [1.807, 2.05) is 0 Å². The highest BCUT2D eigenvalue weighted by Crippen LogP contribution is 2.25. The summed E-state index contributed by atoms with van der Waals surface area (Å²) in [6, 6.07) is 4.76. The molecule has 0 radical (unpaired) electrons. The van der Waals surface area contributed by atoms with E-state index < -0.39 is 41.5 Å². The van der Waals surface area contributed by atoms with Gasteiger partial charge >= 0.3 is 18.1 Å². The van der Waals surface area contributed by atoms with Gasteiger partial charge in [-0.1, -0.05) is 0 Å². The third-order valence-corrected chi connectivity index (χ3v) is 3.52. The smallest absolute Gasteiger partial charge is 0.467 e. The Morgan fingerprint density at radius 2 is 1.76 bits per heavy atom. The molecule has 0 amide bonds. The summed E-state index contributed by atoms with van der Waals surface area (Å²) in [5.74, 6) is -1.25. The topological polar surface area (TPSA) is 140 Å². The average molecular weight is 434 g/mol. The van der Waals surface area contributed by atoms with Crippen LogP contribution in [-0.4, -0.2) is 55.0 Å². The van der Waals surface area contributed by atoms with Gasteiger partial charge in [0.2, 0.25) is 6.29 Å². The zero-order chi connectivity index (χ0) is 22.0. The molecule has 0 N–H and O–H groups in total. The lowest BCUT2D eigenvalue weighted by molar-refractivity contribution is -0.384. The lowest BCUT2D eigenvalue weighted by Gasteiger charge is -2.32. The van der Waals surface area contributed by atoms with E-state index in [0.717, 1.165) is 12.1 Å². The number of benzene rings is 1. The number of rotatable bonds is 5. The number of nitro groups is 1. The SMILES string of the molecule is CCl.COC(=O)[C@@H]1CC(OC(C)=O)CC(OC(=O)Oc2ccc([N+](=O)[O-])cc2)O1. The van der Waals surface area contributed by atoms with E-state index in [1.54, 1.807) is 0 Å². The third kappa shape index (κ3) is 7.92. The van der Waals surface area contributed by atoms with Gasteiger partial charge in [-0.2, -0.15) is 0 Å². The summed E-state index contributed by atoms with van der Waals surface area (Å²) in [6.45, 7) is 1.21. The second-order valence-electron chi connectivity index (χ2n) is 5.50. The summed E-state index contributed by atoms with van der Waals surface area (Å²) in [4.78, 5) is 44.7. The highest BCUT2D eigenvalue weighted by molar-refractivity contribution is 6.15. The molecule has 2 unspecified atom stereocenters. The van der Waals surface area contributed by atoms with Gasteiger partial charge in [0.1, 0.15) is 11.9 Å². The fourth-order valence-corrected chi connectivity index (χ4v) is 2.40. The van der Waals surface area contributed by atoms with Gasteiger partial charge in [0.25, 0.3) is 5.69 Å². The molecule has 0 saturated carbocycles. The highest BCUT2D eigenvalue weighted by atomic mass is 35.5. The van der Waals surface area contributed by atoms with Crippen LogP contribution < -0.4 is 4.74 Å². The second-order valence-corrected chi connectivity index (χ2v) is 5.50. The molecule has 11 nitrogen and oxygen atoms in total. The maximum absolute atomic E-state index is 11.9. The predicted octanol–water partition coefficient (Wildman–Crippen LogP) is 2.58.